The van der Waals surface area contributed by atoms with Crippen LogP contribution in [-0.4, -0.2) is 62.7 Å². The number of H-pyrrole nitrogens is 1. The number of rotatable bonds is 2. The van der Waals surface area contributed by atoms with E-state index in [1.807, 2.05) is 6.92 Å². The van der Waals surface area contributed by atoms with Crippen LogP contribution in [0.2, 0.25) is 0 Å². The molecule has 1 saturated heterocycles. The molecule has 2 aliphatic heterocycles. The number of piperidine rings is 1. The largest absolute Gasteiger partial charge is 0.337 e. The van der Waals surface area contributed by atoms with E-state index < -0.39 is 0 Å². The number of fused-ring (bicyclic) bond motifs is 2. The van der Waals surface area contributed by atoms with Crippen LogP contribution in [0.25, 0.3) is 21.7 Å². The fraction of sp³-hybridized carbons (Fsp3) is 0.368. The molecule has 7 nitrogen and oxygen atoms in total. The van der Waals surface area contributed by atoms with E-state index in [2.05, 4.69) is 26.9 Å². The minimum absolute atomic E-state index is 0.0182. The van der Waals surface area contributed by atoms with Crippen molar-refractivity contribution in [2.24, 2.45) is 0 Å². The molecule has 1 fully saturated rings. The SMILES string of the molecule is Cc1ncsc1-c1nc2cc3c(cc2[nH]1)C(=O)N(C1CCN(C)CC1)C3=O. The smallest absolute Gasteiger partial charge is 0.261 e. The average Bonchev–Trinajstić information content (AvgIpc) is 3.32. The van der Waals surface area contributed by atoms with Gasteiger partial charge in [0.05, 0.1) is 38.2 Å². The Labute approximate surface area is 160 Å². The number of nitrogens with one attached hydrogen (secondary N) is 1. The summed E-state index contributed by atoms with van der Waals surface area (Å²) >= 11 is 1.52. The third-order valence-corrected chi connectivity index (χ3v) is 6.47. The van der Waals surface area contributed by atoms with Crippen LogP contribution in [0.1, 0.15) is 39.3 Å². The van der Waals surface area contributed by atoms with E-state index in [1.165, 1.54) is 16.2 Å². The number of aromatic nitrogens is 3. The maximum atomic E-state index is 13.0. The topological polar surface area (TPSA) is 82.2 Å². The molecule has 1 aromatic carbocycles. The van der Waals surface area contributed by atoms with Crippen LogP contribution >= 0.6 is 11.3 Å². The molecule has 2 amide bonds. The number of aryl methyl sites for hydroxylation is 1. The number of amides is 2. The van der Waals surface area contributed by atoms with Crippen LogP contribution in [0.5, 0.6) is 0 Å². The lowest BCUT2D eigenvalue weighted by Gasteiger charge is -2.33. The summed E-state index contributed by atoms with van der Waals surface area (Å²) in [6.07, 6.45) is 1.65. The van der Waals surface area contributed by atoms with Gasteiger partial charge in [-0.25, -0.2) is 9.97 Å². The monoisotopic (exact) mass is 381 g/mol. The minimum Gasteiger partial charge on any atom is -0.337 e. The second-order valence-corrected chi connectivity index (χ2v) is 8.14. The number of carbonyl (C=O) groups is 2. The Balaban J connectivity index is 1.53. The van der Waals surface area contributed by atoms with Gasteiger partial charge in [0, 0.05) is 6.04 Å². The second kappa shape index (κ2) is 5.97. The quantitative estimate of drug-likeness (QED) is 0.690. The summed E-state index contributed by atoms with van der Waals surface area (Å²) in [6.45, 7) is 3.74. The third kappa shape index (κ3) is 2.51. The number of hydrogen-bond donors (Lipinski definition) is 1. The summed E-state index contributed by atoms with van der Waals surface area (Å²) < 4.78 is 0. The van der Waals surface area contributed by atoms with Crippen LogP contribution in [0, 0.1) is 6.92 Å². The highest BCUT2D eigenvalue weighted by Crippen LogP contribution is 2.33. The Morgan fingerprint density at radius 3 is 2.52 bits per heavy atom. The van der Waals surface area contributed by atoms with Gasteiger partial charge in [-0.05, 0) is 52.0 Å². The summed E-state index contributed by atoms with van der Waals surface area (Å²) in [5, 5.41) is 0. The minimum atomic E-state index is -0.190. The molecule has 4 heterocycles. The highest BCUT2D eigenvalue weighted by molar-refractivity contribution is 7.13. The van der Waals surface area contributed by atoms with Gasteiger partial charge in [0.15, 0.2) is 5.82 Å². The molecule has 27 heavy (non-hydrogen) atoms. The van der Waals surface area contributed by atoms with E-state index in [0.717, 1.165) is 47.8 Å². The molecule has 0 radical (unpaired) electrons. The van der Waals surface area contributed by atoms with Crippen molar-refractivity contribution < 1.29 is 9.59 Å². The molecule has 0 saturated carbocycles. The first-order valence-corrected chi connectivity index (χ1v) is 9.91. The summed E-state index contributed by atoms with van der Waals surface area (Å²) in [6, 6.07) is 3.50. The molecular formula is C19H19N5O2S. The molecule has 5 rings (SSSR count). The highest BCUT2D eigenvalue weighted by atomic mass is 32.1. The van der Waals surface area contributed by atoms with Crippen molar-refractivity contribution in [3.05, 3.63) is 34.5 Å². The van der Waals surface area contributed by atoms with Crippen molar-refractivity contribution in [3.8, 4) is 10.7 Å². The van der Waals surface area contributed by atoms with Gasteiger partial charge in [0.1, 0.15) is 0 Å². The Morgan fingerprint density at radius 1 is 1.15 bits per heavy atom. The van der Waals surface area contributed by atoms with Crippen molar-refractivity contribution in [1.82, 2.24) is 24.8 Å². The fourth-order valence-corrected chi connectivity index (χ4v) is 4.73. The average molecular weight is 381 g/mol. The van der Waals surface area contributed by atoms with Gasteiger partial charge in [-0.1, -0.05) is 0 Å². The van der Waals surface area contributed by atoms with Gasteiger partial charge in [-0.2, -0.15) is 0 Å². The molecule has 138 valence electrons. The van der Waals surface area contributed by atoms with Gasteiger partial charge in [0.25, 0.3) is 11.8 Å². The van der Waals surface area contributed by atoms with E-state index in [4.69, 9.17) is 0 Å². The second-order valence-electron chi connectivity index (χ2n) is 7.28. The number of likely N-dealkylation sites (tertiary alicyclic amines) is 1. The predicted molar refractivity (Wildman–Crippen MR) is 103 cm³/mol. The highest BCUT2D eigenvalue weighted by Gasteiger charge is 2.41. The standard InChI is InChI=1S/C19H19N5O2S/c1-10-16(27-9-20-10)17-21-14-7-12-13(8-15(14)22-17)19(26)24(18(12)25)11-3-5-23(2)6-4-11/h7-9,11H,3-6H2,1-2H3,(H,21,22). The van der Waals surface area contributed by atoms with E-state index in [1.54, 1.807) is 17.6 Å². The van der Waals surface area contributed by atoms with Gasteiger partial charge in [-0.15, -0.1) is 11.3 Å². The zero-order chi connectivity index (χ0) is 18.7. The number of imidazole rings is 1. The van der Waals surface area contributed by atoms with Gasteiger partial charge in [-0.3, -0.25) is 14.5 Å². The molecule has 2 aliphatic rings. The molecule has 0 aliphatic carbocycles. The number of benzene rings is 1. The van der Waals surface area contributed by atoms with E-state index in [0.29, 0.717) is 16.6 Å². The Morgan fingerprint density at radius 2 is 1.85 bits per heavy atom. The molecule has 0 bridgehead atoms. The molecule has 0 atom stereocenters. The van der Waals surface area contributed by atoms with Crippen molar-refractivity contribution in [2.75, 3.05) is 20.1 Å². The molecule has 0 unspecified atom stereocenters. The summed E-state index contributed by atoms with van der Waals surface area (Å²) in [4.78, 5) is 42.8. The van der Waals surface area contributed by atoms with Gasteiger partial charge in [0.2, 0.25) is 0 Å². The first-order chi connectivity index (χ1) is 13.0. The number of aromatic amines is 1. The number of thiazole rings is 1. The zero-order valence-electron chi connectivity index (χ0n) is 15.2. The summed E-state index contributed by atoms with van der Waals surface area (Å²) in [5.41, 5.74) is 5.09. The van der Waals surface area contributed by atoms with Crippen LogP contribution in [0.15, 0.2) is 17.6 Å². The lowest BCUT2D eigenvalue weighted by Crippen LogP contribution is -2.46. The first-order valence-electron chi connectivity index (χ1n) is 9.03. The summed E-state index contributed by atoms with van der Waals surface area (Å²) in [7, 11) is 2.06. The Bertz CT molecular complexity index is 1020. The van der Waals surface area contributed by atoms with Crippen molar-refractivity contribution in [2.45, 2.75) is 25.8 Å². The van der Waals surface area contributed by atoms with Crippen LogP contribution in [0.4, 0.5) is 0 Å². The van der Waals surface area contributed by atoms with Crippen LogP contribution in [-0.2, 0) is 0 Å². The maximum Gasteiger partial charge on any atom is 0.261 e. The Hall–Kier alpha value is -2.58. The molecule has 1 N–H and O–H groups in total. The summed E-state index contributed by atoms with van der Waals surface area (Å²) in [5.74, 6) is 0.349. The molecule has 0 spiro atoms. The number of carbonyl (C=O) groups excluding carboxylic acids is 2. The van der Waals surface area contributed by atoms with Crippen molar-refractivity contribution in [1.29, 1.82) is 0 Å². The van der Waals surface area contributed by atoms with E-state index in [9.17, 15) is 9.59 Å². The lowest BCUT2D eigenvalue weighted by atomic mass is 10.0. The van der Waals surface area contributed by atoms with E-state index >= 15 is 0 Å². The molecule has 8 heteroatoms. The maximum absolute atomic E-state index is 13.0. The third-order valence-electron chi connectivity index (χ3n) is 5.53. The molecule has 3 aromatic rings. The van der Waals surface area contributed by atoms with Gasteiger partial charge < -0.3 is 9.88 Å². The van der Waals surface area contributed by atoms with Crippen LogP contribution < -0.4 is 0 Å². The fourth-order valence-electron chi connectivity index (χ4n) is 3.98. The predicted octanol–water partition coefficient (Wildman–Crippen LogP) is 2.69. The zero-order valence-corrected chi connectivity index (χ0v) is 16.0. The number of hydrogen-bond acceptors (Lipinski definition) is 6. The van der Waals surface area contributed by atoms with Crippen LogP contribution in [0.3, 0.4) is 0 Å². The van der Waals surface area contributed by atoms with Gasteiger partial charge >= 0.3 is 0 Å². The van der Waals surface area contributed by atoms with Crippen molar-refractivity contribution >= 4 is 34.2 Å². The number of nitrogens with zero attached hydrogens (tertiary/aromatic N) is 4. The first kappa shape index (κ1) is 16.6. The number of imide groups is 1. The Kier molecular flexibility index (Phi) is 3.66. The van der Waals surface area contributed by atoms with Crippen molar-refractivity contribution in [3.63, 3.8) is 0 Å². The lowest BCUT2D eigenvalue weighted by molar-refractivity contribution is 0.0516. The molecular weight excluding hydrogens is 362 g/mol. The molecule has 2 aromatic heterocycles. The van der Waals surface area contributed by atoms with E-state index in [-0.39, 0.29) is 17.9 Å². The normalized spacial score (nSPS) is 18.7.